The van der Waals surface area contributed by atoms with E-state index in [9.17, 15) is 20.4 Å². The summed E-state index contributed by atoms with van der Waals surface area (Å²) in [6.07, 6.45) is 0.813. The molecule has 32 heavy (non-hydrogen) atoms. The number of fused-ring (bicyclic) bond motifs is 1. The number of hydrogen-bond donors (Lipinski definition) is 5. The first-order valence-electron chi connectivity index (χ1n) is 10.6. The van der Waals surface area contributed by atoms with E-state index in [1.165, 1.54) is 12.1 Å². The summed E-state index contributed by atoms with van der Waals surface area (Å²) in [7, 11) is 0. The number of aliphatic hydroxyl groups is 2. The van der Waals surface area contributed by atoms with Gasteiger partial charge in [0.25, 0.3) is 0 Å². The molecule has 4 rings (SSSR count). The number of H-pyrrole nitrogens is 1. The molecule has 1 aliphatic heterocycles. The molecule has 0 radical (unpaired) electrons. The summed E-state index contributed by atoms with van der Waals surface area (Å²) in [4.78, 5) is 4.26. The summed E-state index contributed by atoms with van der Waals surface area (Å²) >= 11 is 6.06. The van der Waals surface area contributed by atoms with E-state index >= 15 is 0 Å². The first-order valence-corrected chi connectivity index (χ1v) is 10.9. The van der Waals surface area contributed by atoms with Crippen LogP contribution >= 0.6 is 11.6 Å². The van der Waals surface area contributed by atoms with E-state index in [1.807, 2.05) is 17.0 Å². The van der Waals surface area contributed by atoms with Crippen molar-refractivity contribution >= 4 is 17.3 Å². The van der Waals surface area contributed by atoms with Crippen LogP contribution in [0.15, 0.2) is 36.4 Å². The number of phenolic OH excluding ortho intramolecular Hbond substituents is 2. The molecule has 1 aliphatic rings. The number of nitrogens with zero attached hydrogens (tertiary/aromatic N) is 3. The van der Waals surface area contributed by atoms with Crippen molar-refractivity contribution in [3.05, 3.63) is 58.2 Å². The normalized spacial score (nSPS) is 13.8. The van der Waals surface area contributed by atoms with Crippen molar-refractivity contribution in [2.75, 3.05) is 37.7 Å². The molecule has 0 bridgehead atoms. The lowest BCUT2D eigenvalue weighted by Crippen LogP contribution is -2.30. The van der Waals surface area contributed by atoms with Gasteiger partial charge in [-0.15, -0.1) is 0 Å². The lowest BCUT2D eigenvalue weighted by Gasteiger charge is -2.28. The second kappa shape index (κ2) is 9.79. The lowest BCUT2D eigenvalue weighted by molar-refractivity contribution is 0.245. The molecule has 0 atom stereocenters. The maximum atomic E-state index is 10.3. The predicted octanol–water partition coefficient (Wildman–Crippen LogP) is 2.49. The predicted molar refractivity (Wildman–Crippen MR) is 123 cm³/mol. The number of phenols is 2. The number of aromatic nitrogens is 2. The van der Waals surface area contributed by atoms with Crippen molar-refractivity contribution < 1.29 is 20.4 Å². The second-order valence-electron chi connectivity index (χ2n) is 7.91. The van der Waals surface area contributed by atoms with E-state index in [0.29, 0.717) is 30.9 Å². The maximum absolute atomic E-state index is 10.3. The van der Waals surface area contributed by atoms with Crippen LogP contribution in [0.3, 0.4) is 0 Å². The Morgan fingerprint density at radius 2 is 1.75 bits per heavy atom. The van der Waals surface area contributed by atoms with E-state index in [2.05, 4.69) is 27.2 Å². The average Bonchev–Trinajstić information content (AvgIpc) is 3.20. The van der Waals surface area contributed by atoms with Gasteiger partial charge in [-0.3, -0.25) is 10.00 Å². The van der Waals surface area contributed by atoms with Gasteiger partial charge in [-0.2, -0.15) is 5.10 Å². The van der Waals surface area contributed by atoms with Crippen LogP contribution in [0.1, 0.15) is 16.8 Å². The fourth-order valence-electron chi connectivity index (χ4n) is 4.13. The Kier molecular flexibility index (Phi) is 6.86. The molecule has 0 unspecified atom stereocenters. The molecule has 0 aliphatic carbocycles. The van der Waals surface area contributed by atoms with Gasteiger partial charge < -0.3 is 25.3 Å². The zero-order chi connectivity index (χ0) is 22.7. The van der Waals surface area contributed by atoms with Gasteiger partial charge in [0, 0.05) is 67.7 Å². The molecule has 3 aromatic rings. The Hall–Kier alpha value is -2.78. The van der Waals surface area contributed by atoms with Crippen LogP contribution in [-0.4, -0.2) is 68.4 Å². The first kappa shape index (κ1) is 22.4. The van der Waals surface area contributed by atoms with Crippen molar-refractivity contribution in [3.8, 4) is 22.8 Å². The SMILES string of the molecule is OCCN(CCO)c1ccc(CN2CCc3[nH]nc(-c4cc(Cl)c(O)cc4O)c3C2)cc1. The van der Waals surface area contributed by atoms with E-state index < -0.39 is 0 Å². The molecular weight excluding hydrogens is 432 g/mol. The minimum absolute atomic E-state index is 0.0344. The molecule has 2 aromatic carbocycles. The zero-order valence-electron chi connectivity index (χ0n) is 17.6. The van der Waals surface area contributed by atoms with Crippen LogP contribution in [0.2, 0.25) is 5.02 Å². The molecular formula is C23H27ClN4O4. The zero-order valence-corrected chi connectivity index (χ0v) is 18.4. The number of rotatable bonds is 8. The van der Waals surface area contributed by atoms with E-state index in [-0.39, 0.29) is 29.7 Å². The molecule has 0 saturated carbocycles. The van der Waals surface area contributed by atoms with Gasteiger partial charge in [0.05, 0.1) is 18.2 Å². The van der Waals surface area contributed by atoms with Crippen molar-refractivity contribution in [2.24, 2.45) is 0 Å². The Balaban J connectivity index is 1.50. The molecule has 0 saturated heterocycles. The van der Waals surface area contributed by atoms with Crippen LogP contribution in [-0.2, 0) is 19.5 Å². The quantitative estimate of drug-likeness (QED) is 0.352. The van der Waals surface area contributed by atoms with Gasteiger partial charge in [0.1, 0.15) is 17.2 Å². The molecule has 0 amide bonds. The minimum Gasteiger partial charge on any atom is -0.507 e. The molecule has 2 heterocycles. The van der Waals surface area contributed by atoms with Gasteiger partial charge in [0.2, 0.25) is 0 Å². The number of nitrogens with one attached hydrogen (secondary N) is 1. The molecule has 8 nitrogen and oxygen atoms in total. The number of aliphatic hydroxyl groups excluding tert-OH is 2. The first-order chi connectivity index (χ1) is 15.5. The summed E-state index contributed by atoms with van der Waals surface area (Å²) in [5.74, 6) is -0.233. The van der Waals surface area contributed by atoms with Crippen LogP contribution in [0.4, 0.5) is 5.69 Å². The fraction of sp³-hybridized carbons (Fsp3) is 0.348. The fourth-order valence-corrected chi connectivity index (χ4v) is 4.29. The molecule has 0 spiro atoms. The summed E-state index contributed by atoms with van der Waals surface area (Å²) in [6.45, 7) is 3.33. The number of aromatic amines is 1. The number of hydrogen-bond acceptors (Lipinski definition) is 7. The van der Waals surface area contributed by atoms with Crippen molar-refractivity contribution in [1.29, 1.82) is 0 Å². The molecule has 9 heteroatoms. The number of benzene rings is 2. The van der Waals surface area contributed by atoms with Gasteiger partial charge >= 0.3 is 0 Å². The third-order valence-corrected chi connectivity index (χ3v) is 6.08. The van der Waals surface area contributed by atoms with Crippen molar-refractivity contribution in [1.82, 2.24) is 15.1 Å². The van der Waals surface area contributed by atoms with Gasteiger partial charge in [-0.1, -0.05) is 23.7 Å². The lowest BCUT2D eigenvalue weighted by atomic mass is 9.99. The van der Waals surface area contributed by atoms with Crippen LogP contribution in [0.25, 0.3) is 11.3 Å². The topological polar surface area (TPSA) is 116 Å². The Bertz CT molecular complexity index is 1060. The third kappa shape index (κ3) is 4.68. The summed E-state index contributed by atoms with van der Waals surface area (Å²) < 4.78 is 0. The highest BCUT2D eigenvalue weighted by atomic mass is 35.5. The number of aromatic hydroxyl groups is 2. The minimum atomic E-state index is -0.168. The second-order valence-corrected chi connectivity index (χ2v) is 8.32. The van der Waals surface area contributed by atoms with E-state index in [4.69, 9.17) is 11.6 Å². The van der Waals surface area contributed by atoms with Crippen LogP contribution < -0.4 is 4.90 Å². The average molecular weight is 459 g/mol. The number of anilines is 1. The Morgan fingerprint density at radius 1 is 1.03 bits per heavy atom. The Labute approximate surface area is 191 Å². The van der Waals surface area contributed by atoms with Crippen molar-refractivity contribution in [3.63, 3.8) is 0 Å². The third-order valence-electron chi connectivity index (χ3n) is 5.78. The molecule has 0 fully saturated rings. The summed E-state index contributed by atoms with van der Waals surface area (Å²) in [6, 6.07) is 10.9. The molecule has 1 aromatic heterocycles. The summed E-state index contributed by atoms with van der Waals surface area (Å²) in [5.41, 5.74) is 5.31. The van der Waals surface area contributed by atoms with Crippen LogP contribution in [0, 0.1) is 0 Å². The largest absolute Gasteiger partial charge is 0.507 e. The van der Waals surface area contributed by atoms with E-state index in [1.54, 1.807) is 0 Å². The standard InChI is InChI=1S/C23H27ClN4O4/c24-19-11-17(21(31)12-22(19)32)23-18-14-27(6-5-20(18)25-26-23)13-15-1-3-16(4-2-15)28(7-9-29)8-10-30/h1-4,11-12,29-32H,5-10,13-14H2,(H,25,26). The summed E-state index contributed by atoms with van der Waals surface area (Å²) in [5, 5.41) is 46.2. The van der Waals surface area contributed by atoms with Gasteiger partial charge in [-0.05, 0) is 23.8 Å². The van der Waals surface area contributed by atoms with E-state index in [0.717, 1.165) is 42.0 Å². The highest BCUT2D eigenvalue weighted by molar-refractivity contribution is 6.32. The number of halogens is 1. The molecule has 5 N–H and O–H groups in total. The van der Waals surface area contributed by atoms with Gasteiger partial charge in [-0.25, -0.2) is 0 Å². The monoisotopic (exact) mass is 458 g/mol. The molecule has 170 valence electrons. The van der Waals surface area contributed by atoms with Crippen LogP contribution in [0.5, 0.6) is 11.5 Å². The maximum Gasteiger partial charge on any atom is 0.137 e. The van der Waals surface area contributed by atoms with Gasteiger partial charge in [0.15, 0.2) is 0 Å². The Morgan fingerprint density at radius 3 is 2.44 bits per heavy atom. The van der Waals surface area contributed by atoms with Crippen molar-refractivity contribution in [2.45, 2.75) is 19.5 Å². The smallest absolute Gasteiger partial charge is 0.137 e. The highest BCUT2D eigenvalue weighted by Gasteiger charge is 2.25. The highest BCUT2D eigenvalue weighted by Crippen LogP contribution is 2.39.